The summed E-state index contributed by atoms with van der Waals surface area (Å²) in [7, 11) is 0. The quantitative estimate of drug-likeness (QED) is 0.501. The molecule has 0 fully saturated rings. The molecule has 1 atom stereocenters. The van der Waals surface area contributed by atoms with Crippen LogP contribution in [0, 0.1) is 6.54 Å². The molecule has 3 nitrogen and oxygen atoms in total. The Hall–Kier alpha value is -0.640. The molecule has 0 rings (SSSR count). The van der Waals surface area contributed by atoms with Crippen LogP contribution in [0.2, 0.25) is 0 Å². The van der Waals surface area contributed by atoms with E-state index in [0.29, 0.717) is 12.8 Å². The zero-order valence-electron chi connectivity index (χ0n) is 7.24. The molecule has 0 heterocycles. The predicted molar refractivity (Wildman–Crippen MR) is 51.0 cm³/mol. The van der Waals surface area contributed by atoms with Crippen LogP contribution in [0.4, 0.5) is 0 Å². The van der Waals surface area contributed by atoms with Gasteiger partial charge in [0.05, 0.1) is 18.2 Å². The Morgan fingerprint density at radius 2 is 1.75 bits per heavy atom. The van der Waals surface area contributed by atoms with Crippen LogP contribution in [0.3, 0.4) is 0 Å². The average Bonchev–Trinajstić information content (AvgIpc) is 2.04. The lowest BCUT2D eigenvalue weighted by Crippen LogP contribution is -2.51. The lowest BCUT2D eigenvalue weighted by Gasteiger charge is -2.31. The molecule has 0 aromatic carbocycles. The molecule has 0 amide bonds. The van der Waals surface area contributed by atoms with E-state index in [1.54, 1.807) is 12.2 Å². The van der Waals surface area contributed by atoms with Crippen molar-refractivity contribution in [3.63, 3.8) is 0 Å². The van der Waals surface area contributed by atoms with Crippen molar-refractivity contribution in [2.75, 3.05) is 0 Å². The van der Waals surface area contributed by atoms with Crippen molar-refractivity contribution in [1.82, 2.24) is 0 Å². The number of rotatable bonds is 6. The molecule has 0 aromatic rings. The Morgan fingerprint density at radius 3 is 2.00 bits per heavy atom. The maximum absolute atomic E-state index is 9.44. The van der Waals surface area contributed by atoms with Gasteiger partial charge in [-0.1, -0.05) is 12.2 Å². The summed E-state index contributed by atoms with van der Waals surface area (Å²) >= 11 is 0. The van der Waals surface area contributed by atoms with Gasteiger partial charge < -0.3 is 16.6 Å². The molecule has 0 bridgehead atoms. The van der Waals surface area contributed by atoms with Gasteiger partial charge in [0.2, 0.25) is 0 Å². The SMILES string of the molecule is C=CCC(N)(CC=C)C(O)[CH]N. The van der Waals surface area contributed by atoms with Gasteiger partial charge in [-0.2, -0.15) is 0 Å². The van der Waals surface area contributed by atoms with Crippen LogP contribution in [-0.2, 0) is 0 Å². The van der Waals surface area contributed by atoms with E-state index in [2.05, 4.69) is 13.2 Å². The van der Waals surface area contributed by atoms with E-state index >= 15 is 0 Å². The summed E-state index contributed by atoms with van der Waals surface area (Å²) in [6.07, 6.45) is 3.52. The minimum absolute atomic E-state index is 0.508. The van der Waals surface area contributed by atoms with Gasteiger partial charge in [-0.05, 0) is 12.8 Å². The molecule has 1 unspecified atom stereocenters. The molecule has 3 heteroatoms. The van der Waals surface area contributed by atoms with Gasteiger partial charge in [-0.3, -0.25) is 0 Å². The molecule has 5 N–H and O–H groups in total. The summed E-state index contributed by atoms with van der Waals surface area (Å²) in [6.45, 7) is 8.32. The number of hydrogen-bond donors (Lipinski definition) is 3. The van der Waals surface area contributed by atoms with Gasteiger partial charge >= 0.3 is 0 Å². The number of aliphatic hydroxyl groups is 1. The Morgan fingerprint density at radius 1 is 1.33 bits per heavy atom. The Labute approximate surface area is 73.8 Å². The molecular weight excluding hydrogens is 152 g/mol. The van der Waals surface area contributed by atoms with Crippen molar-refractivity contribution in [2.45, 2.75) is 24.5 Å². The first-order valence-electron chi connectivity index (χ1n) is 3.84. The molecule has 1 radical (unpaired) electrons. The second-order valence-corrected chi connectivity index (χ2v) is 2.86. The van der Waals surface area contributed by atoms with Crippen LogP contribution in [-0.4, -0.2) is 16.7 Å². The molecule has 0 spiro atoms. The number of nitrogens with two attached hydrogens (primary N) is 2. The second-order valence-electron chi connectivity index (χ2n) is 2.86. The van der Waals surface area contributed by atoms with E-state index in [0.717, 1.165) is 0 Å². The highest BCUT2D eigenvalue weighted by atomic mass is 16.3. The fraction of sp³-hybridized carbons (Fsp3) is 0.444. The van der Waals surface area contributed by atoms with Crippen LogP contribution < -0.4 is 11.5 Å². The fourth-order valence-electron chi connectivity index (χ4n) is 1.05. The molecule has 0 saturated carbocycles. The molecule has 0 aliphatic heterocycles. The molecule has 0 aliphatic rings. The van der Waals surface area contributed by atoms with Crippen molar-refractivity contribution < 1.29 is 5.11 Å². The second kappa shape index (κ2) is 5.09. The minimum atomic E-state index is -0.825. The van der Waals surface area contributed by atoms with E-state index in [-0.39, 0.29) is 0 Å². The first kappa shape index (κ1) is 11.4. The van der Waals surface area contributed by atoms with Gasteiger partial charge in [0.15, 0.2) is 0 Å². The van der Waals surface area contributed by atoms with Crippen molar-refractivity contribution in [1.29, 1.82) is 0 Å². The minimum Gasteiger partial charge on any atom is -0.389 e. The fourth-order valence-corrected chi connectivity index (χ4v) is 1.05. The highest BCUT2D eigenvalue weighted by Crippen LogP contribution is 2.18. The molecule has 0 aliphatic carbocycles. The first-order valence-corrected chi connectivity index (χ1v) is 3.84. The summed E-state index contributed by atoms with van der Waals surface area (Å²) in [5.41, 5.74) is 10.3. The lowest BCUT2D eigenvalue weighted by atomic mass is 9.86. The van der Waals surface area contributed by atoms with Crippen LogP contribution in [0.5, 0.6) is 0 Å². The van der Waals surface area contributed by atoms with Crippen LogP contribution >= 0.6 is 0 Å². The summed E-state index contributed by atoms with van der Waals surface area (Å²) < 4.78 is 0. The third-order valence-electron chi connectivity index (χ3n) is 1.82. The van der Waals surface area contributed by atoms with E-state index in [4.69, 9.17) is 11.5 Å². The topological polar surface area (TPSA) is 72.3 Å². The van der Waals surface area contributed by atoms with E-state index in [9.17, 15) is 5.11 Å². The number of aliphatic hydroxyl groups excluding tert-OH is 1. The Kier molecular flexibility index (Phi) is 4.81. The van der Waals surface area contributed by atoms with Crippen LogP contribution in [0.1, 0.15) is 12.8 Å². The molecular formula is C9H17N2O. The van der Waals surface area contributed by atoms with Crippen molar-refractivity contribution in [2.24, 2.45) is 11.5 Å². The molecule has 0 aromatic heterocycles. The van der Waals surface area contributed by atoms with Gasteiger partial charge in [-0.25, -0.2) is 0 Å². The Balaban J connectivity index is 4.34. The largest absolute Gasteiger partial charge is 0.389 e. The number of hydrogen-bond acceptors (Lipinski definition) is 3. The highest BCUT2D eigenvalue weighted by Gasteiger charge is 2.30. The third kappa shape index (κ3) is 2.77. The smallest absolute Gasteiger partial charge is 0.0892 e. The van der Waals surface area contributed by atoms with Crippen molar-refractivity contribution in [3.8, 4) is 0 Å². The van der Waals surface area contributed by atoms with Crippen LogP contribution in [0.15, 0.2) is 25.3 Å². The highest BCUT2D eigenvalue weighted by molar-refractivity contribution is 5.03. The van der Waals surface area contributed by atoms with E-state index in [1.165, 1.54) is 6.54 Å². The van der Waals surface area contributed by atoms with E-state index < -0.39 is 11.6 Å². The van der Waals surface area contributed by atoms with E-state index in [1.807, 2.05) is 0 Å². The summed E-state index contributed by atoms with van der Waals surface area (Å²) in [4.78, 5) is 0. The zero-order valence-corrected chi connectivity index (χ0v) is 7.24. The summed E-state index contributed by atoms with van der Waals surface area (Å²) in [6, 6.07) is 0. The normalized spacial score (nSPS) is 13.9. The van der Waals surface area contributed by atoms with Gasteiger partial charge in [0, 0.05) is 0 Å². The van der Waals surface area contributed by atoms with Gasteiger partial charge in [0.25, 0.3) is 0 Å². The molecule has 69 valence electrons. The molecule has 12 heavy (non-hydrogen) atoms. The standard InChI is InChI=1S/C9H17N2O/c1-3-5-9(11,6-4-2)8(12)7-10/h3-4,7-8,12H,1-2,5-6,10-11H2. The Bertz CT molecular complexity index is 147. The summed E-state index contributed by atoms with van der Waals surface area (Å²) in [5, 5.41) is 9.44. The van der Waals surface area contributed by atoms with Gasteiger partial charge in [-0.15, -0.1) is 13.2 Å². The first-order chi connectivity index (χ1) is 5.60. The van der Waals surface area contributed by atoms with Gasteiger partial charge in [0.1, 0.15) is 0 Å². The third-order valence-corrected chi connectivity index (χ3v) is 1.82. The maximum Gasteiger partial charge on any atom is 0.0892 e. The van der Waals surface area contributed by atoms with Crippen molar-refractivity contribution in [3.05, 3.63) is 31.9 Å². The average molecular weight is 169 g/mol. The molecule has 0 saturated heterocycles. The maximum atomic E-state index is 9.44. The monoisotopic (exact) mass is 169 g/mol. The van der Waals surface area contributed by atoms with Crippen LogP contribution in [0.25, 0.3) is 0 Å². The zero-order chi connectivity index (χ0) is 9.61. The predicted octanol–water partition coefficient (Wildman–Crippen LogP) is 0.317. The summed E-state index contributed by atoms with van der Waals surface area (Å²) in [5.74, 6) is 0. The van der Waals surface area contributed by atoms with Crippen molar-refractivity contribution >= 4 is 0 Å². The lowest BCUT2D eigenvalue weighted by molar-refractivity contribution is 0.113.